The van der Waals surface area contributed by atoms with E-state index >= 15 is 0 Å². The lowest BCUT2D eigenvalue weighted by Crippen LogP contribution is -2.51. The molecule has 1 unspecified atom stereocenters. The van der Waals surface area contributed by atoms with Gasteiger partial charge in [0.05, 0.1) is 11.0 Å². The summed E-state index contributed by atoms with van der Waals surface area (Å²) in [5, 5.41) is 0. The predicted molar refractivity (Wildman–Crippen MR) is 87.4 cm³/mol. The number of piperazine rings is 1. The van der Waals surface area contributed by atoms with Gasteiger partial charge in [-0.15, -0.1) is 23.2 Å². The van der Waals surface area contributed by atoms with E-state index in [1.54, 1.807) is 17.9 Å². The SMILES string of the molecule is CC1(C(=O)N2CCN(c3cccc(C(F)(F)F)c3)CC2)CC1(Cl)Cl. The summed E-state index contributed by atoms with van der Waals surface area (Å²) in [7, 11) is 0. The van der Waals surface area contributed by atoms with Crippen molar-refractivity contribution in [3.8, 4) is 0 Å². The molecule has 8 heteroatoms. The number of alkyl halides is 5. The Labute approximate surface area is 148 Å². The zero-order valence-electron chi connectivity index (χ0n) is 13.0. The minimum atomic E-state index is -4.36. The van der Waals surface area contributed by atoms with Crippen LogP contribution in [0.1, 0.15) is 18.9 Å². The van der Waals surface area contributed by atoms with E-state index in [4.69, 9.17) is 23.2 Å². The molecule has 2 aliphatic rings. The molecule has 132 valence electrons. The molecule has 24 heavy (non-hydrogen) atoms. The van der Waals surface area contributed by atoms with Crippen LogP contribution in [-0.2, 0) is 11.0 Å². The number of halogens is 5. The molecule has 1 amide bonds. The topological polar surface area (TPSA) is 23.6 Å². The van der Waals surface area contributed by atoms with Crippen molar-refractivity contribution in [2.45, 2.75) is 23.9 Å². The van der Waals surface area contributed by atoms with E-state index in [1.165, 1.54) is 6.07 Å². The third-order valence-corrected chi connectivity index (χ3v) is 5.94. The van der Waals surface area contributed by atoms with Crippen LogP contribution < -0.4 is 4.90 Å². The molecule has 3 nitrogen and oxygen atoms in total. The van der Waals surface area contributed by atoms with Crippen molar-refractivity contribution in [2.75, 3.05) is 31.1 Å². The molecule has 1 aliphatic heterocycles. The second-order valence-corrected chi connectivity index (χ2v) is 8.02. The Morgan fingerprint density at radius 3 is 2.25 bits per heavy atom. The monoisotopic (exact) mass is 380 g/mol. The third-order valence-electron chi connectivity index (χ3n) is 4.84. The number of nitrogens with zero attached hydrogens (tertiary/aromatic N) is 2. The van der Waals surface area contributed by atoms with Crippen LogP contribution in [0.5, 0.6) is 0 Å². The fourth-order valence-electron chi connectivity index (χ4n) is 3.03. The van der Waals surface area contributed by atoms with Crippen LogP contribution in [0.2, 0.25) is 0 Å². The van der Waals surface area contributed by atoms with Gasteiger partial charge in [0, 0.05) is 31.9 Å². The predicted octanol–water partition coefficient (Wildman–Crippen LogP) is 3.94. The molecule has 0 spiro atoms. The van der Waals surface area contributed by atoms with Gasteiger partial charge in [0.15, 0.2) is 0 Å². The molecule has 0 bridgehead atoms. The molecule has 2 fully saturated rings. The van der Waals surface area contributed by atoms with Crippen LogP contribution in [0.3, 0.4) is 0 Å². The second-order valence-electron chi connectivity index (χ2n) is 6.54. The molecule has 1 heterocycles. The molecular weight excluding hydrogens is 364 g/mol. The number of hydrogen-bond acceptors (Lipinski definition) is 2. The minimum Gasteiger partial charge on any atom is -0.368 e. The quantitative estimate of drug-likeness (QED) is 0.725. The van der Waals surface area contributed by atoms with Gasteiger partial charge in [0.2, 0.25) is 5.91 Å². The lowest BCUT2D eigenvalue weighted by atomic mass is 10.1. The largest absolute Gasteiger partial charge is 0.416 e. The molecule has 0 radical (unpaired) electrons. The van der Waals surface area contributed by atoms with Gasteiger partial charge in [-0.1, -0.05) is 6.07 Å². The van der Waals surface area contributed by atoms with Crippen LogP contribution >= 0.6 is 23.2 Å². The summed E-state index contributed by atoms with van der Waals surface area (Å²) < 4.78 is 37.4. The highest BCUT2D eigenvalue weighted by molar-refractivity contribution is 6.53. The number of hydrogen-bond donors (Lipinski definition) is 0. The van der Waals surface area contributed by atoms with Crippen LogP contribution in [0.4, 0.5) is 18.9 Å². The minimum absolute atomic E-state index is 0.0869. The number of carbonyl (C=O) groups excluding carboxylic acids is 1. The Morgan fingerprint density at radius 1 is 1.17 bits per heavy atom. The van der Waals surface area contributed by atoms with Gasteiger partial charge >= 0.3 is 6.18 Å². The summed E-state index contributed by atoms with van der Waals surface area (Å²) in [6.07, 6.45) is -3.94. The standard InChI is InChI=1S/C16H17Cl2F3N2O/c1-14(10-15(14,17)18)13(24)23-7-5-22(6-8-23)12-4-2-3-11(9-12)16(19,20)21/h2-4,9H,5-8,10H2,1H3. The zero-order valence-corrected chi connectivity index (χ0v) is 14.5. The Balaban J connectivity index is 1.65. The number of rotatable bonds is 2. The van der Waals surface area contributed by atoms with Crippen LogP contribution in [0.25, 0.3) is 0 Å². The highest BCUT2D eigenvalue weighted by atomic mass is 35.5. The highest BCUT2D eigenvalue weighted by Gasteiger charge is 2.68. The molecule has 1 saturated carbocycles. The summed E-state index contributed by atoms with van der Waals surface area (Å²) in [5.41, 5.74) is -0.911. The van der Waals surface area contributed by atoms with E-state index in [-0.39, 0.29) is 5.91 Å². The van der Waals surface area contributed by atoms with Crippen molar-refractivity contribution in [1.82, 2.24) is 4.90 Å². The van der Waals surface area contributed by atoms with Crippen molar-refractivity contribution in [3.63, 3.8) is 0 Å². The summed E-state index contributed by atoms with van der Waals surface area (Å²) in [5.74, 6) is -0.0869. The second kappa shape index (κ2) is 5.70. The molecule has 1 aliphatic carbocycles. The molecular formula is C16H17Cl2F3N2O. The summed E-state index contributed by atoms with van der Waals surface area (Å²) in [6.45, 7) is 3.57. The highest BCUT2D eigenvalue weighted by Crippen LogP contribution is 2.64. The fourth-order valence-corrected chi connectivity index (χ4v) is 3.72. The fraction of sp³-hybridized carbons (Fsp3) is 0.562. The van der Waals surface area contributed by atoms with E-state index in [0.29, 0.717) is 38.3 Å². The number of benzene rings is 1. The van der Waals surface area contributed by atoms with Crippen molar-refractivity contribution >= 4 is 34.8 Å². The maximum Gasteiger partial charge on any atom is 0.416 e. The maximum atomic E-state index is 12.8. The van der Waals surface area contributed by atoms with Gasteiger partial charge in [-0.3, -0.25) is 4.79 Å². The van der Waals surface area contributed by atoms with E-state index in [1.807, 2.05) is 4.90 Å². The zero-order chi connectivity index (χ0) is 17.8. The van der Waals surface area contributed by atoms with Crippen molar-refractivity contribution in [1.29, 1.82) is 0 Å². The molecule has 1 aromatic carbocycles. The van der Waals surface area contributed by atoms with Gasteiger partial charge in [-0.25, -0.2) is 0 Å². The maximum absolute atomic E-state index is 12.8. The van der Waals surface area contributed by atoms with Gasteiger partial charge < -0.3 is 9.80 Å². The van der Waals surface area contributed by atoms with E-state index < -0.39 is 21.5 Å². The van der Waals surface area contributed by atoms with E-state index in [2.05, 4.69) is 0 Å². The van der Waals surface area contributed by atoms with E-state index in [0.717, 1.165) is 12.1 Å². The molecule has 0 aromatic heterocycles. The van der Waals surface area contributed by atoms with E-state index in [9.17, 15) is 18.0 Å². The first-order valence-corrected chi connectivity index (χ1v) is 8.40. The van der Waals surface area contributed by atoms with Gasteiger partial charge in [0.25, 0.3) is 0 Å². The van der Waals surface area contributed by atoms with Crippen molar-refractivity contribution in [2.24, 2.45) is 5.41 Å². The number of amides is 1. The third kappa shape index (κ3) is 3.06. The lowest BCUT2D eigenvalue weighted by Gasteiger charge is -2.37. The Kier molecular flexibility index (Phi) is 4.20. The van der Waals surface area contributed by atoms with Gasteiger partial charge in [0.1, 0.15) is 4.33 Å². The first kappa shape index (κ1) is 17.7. The van der Waals surface area contributed by atoms with Crippen LogP contribution in [-0.4, -0.2) is 41.3 Å². The van der Waals surface area contributed by atoms with Gasteiger partial charge in [-0.05, 0) is 31.5 Å². The lowest BCUT2D eigenvalue weighted by molar-refractivity contribution is -0.137. The molecule has 1 saturated heterocycles. The molecule has 1 atom stereocenters. The molecule has 1 aromatic rings. The summed E-state index contributed by atoms with van der Waals surface area (Å²) >= 11 is 12.1. The molecule has 3 rings (SSSR count). The van der Waals surface area contributed by atoms with Gasteiger partial charge in [-0.2, -0.15) is 13.2 Å². The van der Waals surface area contributed by atoms with Crippen molar-refractivity contribution < 1.29 is 18.0 Å². The first-order valence-electron chi connectivity index (χ1n) is 7.64. The average molecular weight is 381 g/mol. The van der Waals surface area contributed by atoms with Crippen molar-refractivity contribution in [3.05, 3.63) is 29.8 Å². The van der Waals surface area contributed by atoms with Crippen LogP contribution in [0.15, 0.2) is 24.3 Å². The number of anilines is 1. The Hall–Kier alpha value is -1.14. The smallest absolute Gasteiger partial charge is 0.368 e. The molecule has 0 N–H and O–H groups in total. The summed E-state index contributed by atoms with van der Waals surface area (Å²) in [4.78, 5) is 16.1. The normalized spacial score (nSPS) is 26.4. The first-order chi connectivity index (χ1) is 11.0. The summed E-state index contributed by atoms with van der Waals surface area (Å²) in [6, 6.07) is 5.24. The Bertz CT molecular complexity index is 657. The Morgan fingerprint density at radius 2 is 1.75 bits per heavy atom. The number of carbonyl (C=O) groups is 1. The average Bonchev–Trinajstić information content (AvgIpc) is 3.05. The van der Waals surface area contributed by atoms with Crippen LogP contribution in [0, 0.1) is 5.41 Å².